The Balaban J connectivity index is 0.00000162. The van der Waals surface area contributed by atoms with E-state index in [1.807, 2.05) is 10.8 Å². The Morgan fingerprint density at radius 3 is 2.39 bits per heavy atom. The Bertz CT molecular complexity index is 462. The zero-order chi connectivity index (χ0) is 12.1. The Kier molecular flexibility index (Phi) is 5.72. The summed E-state index contributed by atoms with van der Waals surface area (Å²) in [6.07, 6.45) is 7.30. The first kappa shape index (κ1) is 14.6. The standard InChI is InChI=1S/C14H19N3.ClH/c1-2-3-4-12-5-7-13(8-6-12)11-17-10-9-16-14(17)15;/h5-10H,2-4,11H2,1H3,(H2,15,16);1H. The van der Waals surface area contributed by atoms with Crippen molar-refractivity contribution < 1.29 is 0 Å². The van der Waals surface area contributed by atoms with Crippen molar-refractivity contribution in [2.24, 2.45) is 0 Å². The van der Waals surface area contributed by atoms with Gasteiger partial charge in [0.15, 0.2) is 5.95 Å². The van der Waals surface area contributed by atoms with E-state index in [0.717, 1.165) is 6.54 Å². The van der Waals surface area contributed by atoms with E-state index in [9.17, 15) is 0 Å². The van der Waals surface area contributed by atoms with Crippen LogP contribution in [0.5, 0.6) is 0 Å². The maximum atomic E-state index is 5.74. The first-order valence-corrected chi connectivity index (χ1v) is 6.14. The number of benzene rings is 1. The third-order valence-electron chi connectivity index (χ3n) is 2.94. The molecule has 0 aliphatic carbocycles. The summed E-state index contributed by atoms with van der Waals surface area (Å²) in [4.78, 5) is 4.01. The van der Waals surface area contributed by atoms with E-state index >= 15 is 0 Å². The minimum atomic E-state index is 0. The molecule has 3 nitrogen and oxygen atoms in total. The fourth-order valence-electron chi connectivity index (χ4n) is 1.86. The molecule has 0 unspecified atom stereocenters. The van der Waals surface area contributed by atoms with Gasteiger partial charge in [-0.1, -0.05) is 37.6 Å². The van der Waals surface area contributed by atoms with Gasteiger partial charge in [0, 0.05) is 12.4 Å². The van der Waals surface area contributed by atoms with Crippen LogP contribution in [0.15, 0.2) is 36.7 Å². The zero-order valence-corrected chi connectivity index (χ0v) is 11.5. The van der Waals surface area contributed by atoms with Crippen LogP contribution in [0.4, 0.5) is 5.95 Å². The molecule has 0 atom stereocenters. The van der Waals surface area contributed by atoms with Gasteiger partial charge in [-0.3, -0.25) is 0 Å². The number of anilines is 1. The molecule has 2 rings (SSSR count). The van der Waals surface area contributed by atoms with E-state index in [-0.39, 0.29) is 12.4 Å². The minimum absolute atomic E-state index is 0. The summed E-state index contributed by atoms with van der Waals surface area (Å²) in [6, 6.07) is 8.76. The summed E-state index contributed by atoms with van der Waals surface area (Å²) < 4.78 is 1.95. The third-order valence-corrected chi connectivity index (χ3v) is 2.94. The summed E-state index contributed by atoms with van der Waals surface area (Å²) in [5.41, 5.74) is 8.41. The zero-order valence-electron chi connectivity index (χ0n) is 10.7. The molecule has 1 heterocycles. The van der Waals surface area contributed by atoms with Crippen LogP contribution in [-0.4, -0.2) is 9.55 Å². The van der Waals surface area contributed by atoms with E-state index in [1.54, 1.807) is 6.20 Å². The first-order chi connectivity index (χ1) is 8.29. The van der Waals surface area contributed by atoms with Gasteiger partial charge in [0.05, 0.1) is 6.54 Å². The summed E-state index contributed by atoms with van der Waals surface area (Å²) in [5, 5.41) is 0. The van der Waals surface area contributed by atoms with Gasteiger partial charge < -0.3 is 10.3 Å². The van der Waals surface area contributed by atoms with Gasteiger partial charge in [0.25, 0.3) is 0 Å². The molecule has 0 aliphatic rings. The average Bonchev–Trinajstić information content (AvgIpc) is 2.74. The molecular formula is C14H20ClN3. The van der Waals surface area contributed by atoms with Gasteiger partial charge in [0.2, 0.25) is 0 Å². The highest BCUT2D eigenvalue weighted by Gasteiger charge is 1.99. The van der Waals surface area contributed by atoms with Crippen molar-refractivity contribution in [3.05, 3.63) is 47.8 Å². The number of nitrogens with zero attached hydrogens (tertiary/aromatic N) is 2. The molecule has 0 amide bonds. The van der Waals surface area contributed by atoms with E-state index in [2.05, 4.69) is 36.2 Å². The molecule has 1 aromatic heterocycles. The van der Waals surface area contributed by atoms with Crippen molar-refractivity contribution in [2.45, 2.75) is 32.7 Å². The maximum Gasteiger partial charge on any atom is 0.200 e. The molecule has 0 saturated carbocycles. The van der Waals surface area contributed by atoms with Gasteiger partial charge in [0.1, 0.15) is 0 Å². The fraction of sp³-hybridized carbons (Fsp3) is 0.357. The van der Waals surface area contributed by atoms with Crippen molar-refractivity contribution in [2.75, 3.05) is 5.73 Å². The number of nitrogen functional groups attached to an aromatic ring is 1. The minimum Gasteiger partial charge on any atom is -0.369 e. The highest BCUT2D eigenvalue weighted by molar-refractivity contribution is 5.85. The molecule has 2 N–H and O–H groups in total. The lowest BCUT2D eigenvalue weighted by molar-refractivity contribution is 0.789. The molecule has 2 aromatic rings. The molecule has 0 fully saturated rings. The molecule has 4 heteroatoms. The Labute approximate surface area is 114 Å². The topological polar surface area (TPSA) is 43.8 Å². The van der Waals surface area contributed by atoms with Crippen molar-refractivity contribution in [1.29, 1.82) is 0 Å². The van der Waals surface area contributed by atoms with Crippen LogP contribution in [-0.2, 0) is 13.0 Å². The molecule has 0 aliphatic heterocycles. The van der Waals surface area contributed by atoms with Gasteiger partial charge in [-0.2, -0.15) is 0 Å². The number of imidazole rings is 1. The normalized spacial score (nSPS) is 10.1. The maximum absolute atomic E-state index is 5.74. The second-order valence-corrected chi connectivity index (χ2v) is 4.33. The Hall–Kier alpha value is -1.48. The molecule has 0 spiro atoms. The van der Waals surface area contributed by atoms with E-state index in [0.29, 0.717) is 5.95 Å². The third kappa shape index (κ3) is 3.77. The van der Waals surface area contributed by atoms with Crippen LogP contribution in [0, 0.1) is 0 Å². The highest BCUT2D eigenvalue weighted by Crippen LogP contribution is 2.10. The van der Waals surface area contributed by atoms with Crippen LogP contribution in [0.2, 0.25) is 0 Å². The molecular weight excluding hydrogens is 246 g/mol. The predicted octanol–water partition coefficient (Wildman–Crippen LogP) is 3.28. The first-order valence-electron chi connectivity index (χ1n) is 6.14. The van der Waals surface area contributed by atoms with Crippen molar-refractivity contribution in [1.82, 2.24) is 9.55 Å². The van der Waals surface area contributed by atoms with Crippen LogP contribution < -0.4 is 5.73 Å². The predicted molar refractivity (Wildman–Crippen MR) is 78.0 cm³/mol. The number of hydrogen-bond acceptors (Lipinski definition) is 2. The number of unbranched alkanes of at least 4 members (excludes halogenated alkanes) is 1. The number of hydrogen-bond donors (Lipinski definition) is 1. The average molecular weight is 266 g/mol. The molecule has 98 valence electrons. The number of halogens is 1. The Morgan fingerprint density at radius 2 is 1.83 bits per heavy atom. The number of aromatic nitrogens is 2. The van der Waals surface area contributed by atoms with E-state index in [4.69, 9.17) is 5.73 Å². The van der Waals surface area contributed by atoms with Crippen molar-refractivity contribution in [3.8, 4) is 0 Å². The summed E-state index contributed by atoms with van der Waals surface area (Å²) in [6.45, 7) is 3.01. The molecule has 0 bridgehead atoms. The van der Waals surface area contributed by atoms with Gasteiger partial charge in [-0.15, -0.1) is 12.4 Å². The lowest BCUT2D eigenvalue weighted by Gasteiger charge is -2.06. The molecule has 18 heavy (non-hydrogen) atoms. The second-order valence-electron chi connectivity index (χ2n) is 4.33. The van der Waals surface area contributed by atoms with E-state index in [1.165, 1.54) is 30.4 Å². The van der Waals surface area contributed by atoms with Gasteiger partial charge >= 0.3 is 0 Å². The lowest BCUT2D eigenvalue weighted by Crippen LogP contribution is -2.03. The lowest BCUT2D eigenvalue weighted by atomic mass is 10.1. The largest absolute Gasteiger partial charge is 0.369 e. The fourth-order valence-corrected chi connectivity index (χ4v) is 1.86. The van der Waals surface area contributed by atoms with Gasteiger partial charge in [-0.05, 0) is 24.0 Å². The summed E-state index contributed by atoms with van der Waals surface area (Å²) >= 11 is 0. The summed E-state index contributed by atoms with van der Waals surface area (Å²) in [5.74, 6) is 0.569. The second kappa shape index (κ2) is 7.07. The van der Waals surface area contributed by atoms with Crippen molar-refractivity contribution in [3.63, 3.8) is 0 Å². The molecule has 0 radical (unpaired) electrons. The van der Waals surface area contributed by atoms with Crippen LogP contribution in [0.1, 0.15) is 30.9 Å². The summed E-state index contributed by atoms with van der Waals surface area (Å²) in [7, 11) is 0. The molecule has 0 saturated heterocycles. The van der Waals surface area contributed by atoms with Crippen LogP contribution >= 0.6 is 12.4 Å². The number of aryl methyl sites for hydroxylation is 1. The Morgan fingerprint density at radius 1 is 1.17 bits per heavy atom. The van der Waals surface area contributed by atoms with E-state index < -0.39 is 0 Å². The smallest absolute Gasteiger partial charge is 0.200 e. The molecule has 1 aromatic carbocycles. The SMILES string of the molecule is CCCCc1ccc(Cn2ccnc2N)cc1.Cl. The highest BCUT2D eigenvalue weighted by atomic mass is 35.5. The van der Waals surface area contributed by atoms with Crippen LogP contribution in [0.25, 0.3) is 0 Å². The van der Waals surface area contributed by atoms with Crippen molar-refractivity contribution >= 4 is 18.4 Å². The quantitative estimate of drug-likeness (QED) is 0.902. The monoisotopic (exact) mass is 265 g/mol. The number of rotatable bonds is 5. The van der Waals surface area contributed by atoms with Gasteiger partial charge in [-0.25, -0.2) is 4.98 Å². The number of nitrogens with two attached hydrogens (primary N) is 1. The van der Waals surface area contributed by atoms with Crippen LogP contribution in [0.3, 0.4) is 0 Å².